The third-order valence-electron chi connectivity index (χ3n) is 3.49. The lowest BCUT2D eigenvalue weighted by atomic mass is 10.2. The Bertz CT molecular complexity index is 1010. The summed E-state index contributed by atoms with van der Waals surface area (Å²) in [6, 6.07) is 19.3. The standard InChI is InChI=1S/C21H15BrN2O4/c22-19-12-11-18(28-19)21(26)24-23-14-16-6-9-17(10-7-16)27-20(25)13-8-15-4-2-1-3-5-15/h1-14H,(H,24,26). The third kappa shape index (κ3) is 5.78. The van der Waals surface area contributed by atoms with Crippen molar-refractivity contribution in [1.29, 1.82) is 0 Å². The van der Waals surface area contributed by atoms with Crippen LogP contribution in [0.1, 0.15) is 21.7 Å². The van der Waals surface area contributed by atoms with Crippen molar-refractivity contribution in [2.45, 2.75) is 0 Å². The van der Waals surface area contributed by atoms with E-state index in [4.69, 9.17) is 9.15 Å². The van der Waals surface area contributed by atoms with Crippen LogP contribution < -0.4 is 10.2 Å². The fourth-order valence-electron chi connectivity index (χ4n) is 2.16. The first kappa shape index (κ1) is 19.3. The van der Waals surface area contributed by atoms with Gasteiger partial charge in [-0.1, -0.05) is 30.3 Å². The third-order valence-corrected chi connectivity index (χ3v) is 3.91. The topological polar surface area (TPSA) is 80.9 Å². The molecule has 1 aromatic heterocycles. The van der Waals surface area contributed by atoms with Crippen molar-refractivity contribution in [3.63, 3.8) is 0 Å². The minimum absolute atomic E-state index is 0.148. The molecule has 1 amide bonds. The van der Waals surface area contributed by atoms with Gasteiger partial charge in [0.15, 0.2) is 10.4 Å². The Morgan fingerprint density at radius 2 is 1.71 bits per heavy atom. The zero-order valence-corrected chi connectivity index (χ0v) is 16.1. The molecule has 3 aromatic rings. The van der Waals surface area contributed by atoms with Crippen molar-refractivity contribution in [2.24, 2.45) is 5.10 Å². The number of nitrogens with zero attached hydrogens (tertiary/aromatic N) is 1. The molecule has 6 nitrogen and oxygen atoms in total. The van der Waals surface area contributed by atoms with Crippen molar-refractivity contribution in [1.82, 2.24) is 5.43 Å². The Balaban J connectivity index is 1.51. The molecule has 0 aliphatic rings. The van der Waals surface area contributed by atoms with Crippen LogP contribution in [0.3, 0.4) is 0 Å². The normalized spacial score (nSPS) is 11.0. The van der Waals surface area contributed by atoms with Gasteiger partial charge < -0.3 is 9.15 Å². The van der Waals surface area contributed by atoms with Crippen molar-refractivity contribution >= 4 is 40.1 Å². The summed E-state index contributed by atoms with van der Waals surface area (Å²) < 4.78 is 10.8. The Morgan fingerprint density at radius 3 is 2.39 bits per heavy atom. The van der Waals surface area contributed by atoms with E-state index < -0.39 is 11.9 Å². The minimum Gasteiger partial charge on any atom is -0.444 e. The number of esters is 1. The summed E-state index contributed by atoms with van der Waals surface area (Å²) in [7, 11) is 0. The lowest BCUT2D eigenvalue weighted by molar-refractivity contribution is -0.128. The van der Waals surface area contributed by atoms with Gasteiger partial charge in [0.2, 0.25) is 0 Å². The largest absolute Gasteiger partial charge is 0.444 e. The van der Waals surface area contributed by atoms with E-state index in [9.17, 15) is 9.59 Å². The predicted molar refractivity (Wildman–Crippen MR) is 109 cm³/mol. The van der Waals surface area contributed by atoms with Gasteiger partial charge in [-0.2, -0.15) is 5.10 Å². The van der Waals surface area contributed by atoms with Crippen LogP contribution >= 0.6 is 15.9 Å². The maximum Gasteiger partial charge on any atom is 0.336 e. The number of hydrogen-bond acceptors (Lipinski definition) is 5. The number of carbonyl (C=O) groups excluding carboxylic acids is 2. The first-order chi connectivity index (χ1) is 13.6. The number of rotatable bonds is 6. The molecule has 0 radical (unpaired) electrons. The molecule has 0 aliphatic carbocycles. The van der Waals surface area contributed by atoms with E-state index in [1.165, 1.54) is 18.4 Å². The molecule has 2 aromatic carbocycles. The fourth-order valence-corrected chi connectivity index (χ4v) is 2.46. The Labute approximate surface area is 169 Å². The maximum atomic E-state index is 11.9. The van der Waals surface area contributed by atoms with E-state index in [0.717, 1.165) is 11.1 Å². The average Bonchev–Trinajstić information content (AvgIpc) is 3.15. The van der Waals surface area contributed by atoms with Crippen molar-refractivity contribution in [3.05, 3.63) is 94.4 Å². The Kier molecular flexibility index (Phi) is 6.54. The highest BCUT2D eigenvalue weighted by atomic mass is 79.9. The lowest BCUT2D eigenvalue weighted by Crippen LogP contribution is -2.16. The number of halogens is 1. The van der Waals surface area contributed by atoms with Gasteiger partial charge in [-0.15, -0.1) is 0 Å². The molecule has 0 spiro atoms. The molecule has 1 N–H and O–H groups in total. The average molecular weight is 439 g/mol. The second-order valence-corrected chi connectivity index (χ2v) is 6.32. The lowest BCUT2D eigenvalue weighted by Gasteiger charge is -2.01. The summed E-state index contributed by atoms with van der Waals surface area (Å²) >= 11 is 3.13. The summed E-state index contributed by atoms with van der Waals surface area (Å²) in [5, 5.41) is 3.86. The number of nitrogens with one attached hydrogen (secondary N) is 1. The monoisotopic (exact) mass is 438 g/mol. The minimum atomic E-state index is -0.470. The number of furan rings is 1. The molecule has 7 heteroatoms. The van der Waals surface area contributed by atoms with Crippen LogP contribution in [-0.4, -0.2) is 18.1 Å². The molecule has 0 saturated heterocycles. The molecule has 0 atom stereocenters. The molecule has 0 bridgehead atoms. The Morgan fingerprint density at radius 1 is 0.964 bits per heavy atom. The number of ether oxygens (including phenoxy) is 1. The van der Waals surface area contributed by atoms with Crippen molar-refractivity contribution in [2.75, 3.05) is 0 Å². The summed E-state index contributed by atoms with van der Waals surface area (Å²) in [5.41, 5.74) is 4.00. The van der Waals surface area contributed by atoms with E-state index in [1.54, 1.807) is 36.4 Å². The van der Waals surface area contributed by atoms with Crippen LogP contribution in [0.4, 0.5) is 0 Å². The zero-order valence-electron chi connectivity index (χ0n) is 14.5. The van der Waals surface area contributed by atoms with E-state index >= 15 is 0 Å². The van der Waals surface area contributed by atoms with Crippen LogP contribution in [0.25, 0.3) is 6.08 Å². The molecular formula is C21H15BrN2O4. The van der Waals surface area contributed by atoms with Crippen LogP contribution in [-0.2, 0) is 4.79 Å². The predicted octanol–water partition coefficient (Wildman–Crippen LogP) is 4.42. The molecule has 3 rings (SSSR count). The van der Waals surface area contributed by atoms with Gasteiger partial charge in [0.25, 0.3) is 0 Å². The fraction of sp³-hybridized carbons (Fsp3) is 0. The maximum absolute atomic E-state index is 11.9. The molecule has 140 valence electrons. The van der Waals surface area contributed by atoms with Crippen molar-refractivity contribution < 1.29 is 18.7 Å². The summed E-state index contributed by atoms with van der Waals surface area (Å²) in [6.45, 7) is 0. The molecule has 0 fully saturated rings. The smallest absolute Gasteiger partial charge is 0.336 e. The van der Waals surface area contributed by atoms with Gasteiger partial charge in [0, 0.05) is 6.08 Å². The second kappa shape index (κ2) is 9.48. The number of carbonyl (C=O) groups is 2. The highest BCUT2D eigenvalue weighted by molar-refractivity contribution is 9.10. The summed E-state index contributed by atoms with van der Waals surface area (Å²) in [6.07, 6.45) is 4.52. The number of benzene rings is 2. The number of hydrazone groups is 1. The SMILES string of the molecule is O=C(C=Cc1ccccc1)Oc1ccc(C=NNC(=O)c2ccc(Br)o2)cc1. The molecule has 28 heavy (non-hydrogen) atoms. The number of hydrogen-bond donors (Lipinski definition) is 1. The molecule has 0 unspecified atom stereocenters. The van der Waals surface area contributed by atoms with E-state index in [0.29, 0.717) is 10.4 Å². The molecular weight excluding hydrogens is 424 g/mol. The van der Waals surface area contributed by atoms with Gasteiger partial charge >= 0.3 is 11.9 Å². The molecule has 0 saturated carbocycles. The van der Waals surface area contributed by atoms with E-state index in [1.807, 2.05) is 30.3 Å². The number of amides is 1. The molecule has 0 aliphatic heterocycles. The Hall–Kier alpha value is -3.45. The van der Waals surface area contributed by atoms with Crippen molar-refractivity contribution in [3.8, 4) is 5.75 Å². The summed E-state index contributed by atoms with van der Waals surface area (Å²) in [4.78, 5) is 23.6. The van der Waals surface area contributed by atoms with Crippen LogP contribution in [0, 0.1) is 0 Å². The van der Waals surface area contributed by atoms with Crippen LogP contribution in [0.15, 0.2) is 87.0 Å². The van der Waals surface area contributed by atoms with Gasteiger partial charge in [-0.05, 0) is 69.5 Å². The quantitative estimate of drug-likeness (QED) is 0.203. The summed E-state index contributed by atoms with van der Waals surface area (Å²) in [5.74, 6) is -0.376. The van der Waals surface area contributed by atoms with Gasteiger partial charge in [0.1, 0.15) is 5.75 Å². The van der Waals surface area contributed by atoms with Crippen LogP contribution in [0.5, 0.6) is 5.75 Å². The van der Waals surface area contributed by atoms with Gasteiger partial charge in [0.05, 0.1) is 6.21 Å². The first-order valence-corrected chi connectivity index (χ1v) is 9.03. The van der Waals surface area contributed by atoms with Crippen LogP contribution in [0.2, 0.25) is 0 Å². The highest BCUT2D eigenvalue weighted by Crippen LogP contribution is 2.14. The van der Waals surface area contributed by atoms with Gasteiger partial charge in [-0.3, -0.25) is 4.79 Å². The van der Waals surface area contributed by atoms with Gasteiger partial charge in [-0.25, -0.2) is 10.2 Å². The second-order valence-electron chi connectivity index (χ2n) is 5.54. The van der Waals surface area contributed by atoms with E-state index in [2.05, 4.69) is 26.5 Å². The van der Waals surface area contributed by atoms with E-state index in [-0.39, 0.29) is 5.76 Å². The zero-order chi connectivity index (χ0) is 19.8. The highest BCUT2D eigenvalue weighted by Gasteiger charge is 2.08. The molecule has 1 heterocycles. The first-order valence-electron chi connectivity index (χ1n) is 8.24.